The summed E-state index contributed by atoms with van der Waals surface area (Å²) in [6, 6.07) is 9.42. The van der Waals surface area contributed by atoms with E-state index in [2.05, 4.69) is 35.8 Å². The molecule has 2 atom stereocenters. The predicted molar refractivity (Wildman–Crippen MR) is 70.8 cm³/mol. The summed E-state index contributed by atoms with van der Waals surface area (Å²) in [5.74, 6) is 0. The molecule has 0 saturated carbocycles. The summed E-state index contributed by atoms with van der Waals surface area (Å²) in [7, 11) is 0. The smallest absolute Gasteiger partial charge is 0.0309 e. The zero-order valence-electron chi connectivity index (χ0n) is 9.78. The third-order valence-corrected chi connectivity index (χ3v) is 3.99. The van der Waals surface area contributed by atoms with Gasteiger partial charge in [-0.25, -0.2) is 0 Å². The van der Waals surface area contributed by atoms with Gasteiger partial charge in [-0.15, -0.1) is 11.8 Å². The number of nitrogens with one attached hydrogen (secondary N) is 1. The molecule has 2 nitrogen and oxygen atoms in total. The highest BCUT2D eigenvalue weighted by atomic mass is 32.2. The van der Waals surface area contributed by atoms with E-state index in [1.165, 1.54) is 23.3 Å². The van der Waals surface area contributed by atoms with Crippen molar-refractivity contribution in [1.29, 1.82) is 0 Å². The minimum absolute atomic E-state index is 0.173. The van der Waals surface area contributed by atoms with Crippen molar-refractivity contribution in [2.75, 3.05) is 12.8 Å². The van der Waals surface area contributed by atoms with Crippen LogP contribution in [0.5, 0.6) is 0 Å². The summed E-state index contributed by atoms with van der Waals surface area (Å²) in [5, 5.41) is 3.50. The van der Waals surface area contributed by atoms with Crippen LogP contribution in [0.25, 0.3) is 0 Å². The monoisotopic (exact) mass is 236 g/mol. The molecule has 1 saturated heterocycles. The molecule has 2 unspecified atom stereocenters. The molecule has 0 aliphatic carbocycles. The van der Waals surface area contributed by atoms with Crippen LogP contribution in [0.4, 0.5) is 0 Å². The Morgan fingerprint density at radius 2 is 2.19 bits per heavy atom. The fourth-order valence-corrected chi connectivity index (χ4v) is 2.66. The first-order valence-corrected chi connectivity index (χ1v) is 7.15. The molecule has 0 bridgehead atoms. The molecule has 0 aromatic heterocycles. The Hall–Kier alpha value is -0.510. The van der Waals surface area contributed by atoms with E-state index >= 15 is 0 Å². The Morgan fingerprint density at radius 3 is 2.75 bits per heavy atom. The van der Waals surface area contributed by atoms with E-state index in [-0.39, 0.29) is 6.04 Å². The number of rotatable bonds is 4. The lowest BCUT2D eigenvalue weighted by molar-refractivity contribution is 0.499. The maximum atomic E-state index is 6.22. The average Bonchev–Trinajstić information content (AvgIpc) is 2.82. The second-order valence-corrected chi connectivity index (χ2v) is 5.29. The lowest BCUT2D eigenvalue weighted by Gasteiger charge is -2.17. The molecule has 0 radical (unpaired) electrons. The molecule has 88 valence electrons. The van der Waals surface area contributed by atoms with Crippen molar-refractivity contribution in [1.82, 2.24) is 5.32 Å². The number of nitrogens with two attached hydrogens (primary N) is 1. The van der Waals surface area contributed by atoms with E-state index in [0.717, 1.165) is 13.0 Å². The van der Waals surface area contributed by atoms with Crippen molar-refractivity contribution >= 4 is 11.8 Å². The van der Waals surface area contributed by atoms with Gasteiger partial charge in [0.25, 0.3) is 0 Å². The summed E-state index contributed by atoms with van der Waals surface area (Å²) in [4.78, 5) is 1.30. The van der Waals surface area contributed by atoms with Crippen molar-refractivity contribution < 1.29 is 0 Å². The van der Waals surface area contributed by atoms with Gasteiger partial charge in [0.2, 0.25) is 0 Å². The van der Waals surface area contributed by atoms with Crippen LogP contribution in [0.3, 0.4) is 0 Å². The summed E-state index contributed by atoms with van der Waals surface area (Å²) >= 11 is 1.77. The molecule has 3 N–H and O–H groups in total. The Kier molecular flexibility index (Phi) is 4.27. The van der Waals surface area contributed by atoms with Crippen molar-refractivity contribution in [2.45, 2.75) is 36.2 Å². The van der Waals surface area contributed by atoms with Crippen LogP contribution in [0, 0.1) is 0 Å². The first-order valence-electron chi connectivity index (χ1n) is 5.92. The third kappa shape index (κ3) is 3.00. The van der Waals surface area contributed by atoms with Gasteiger partial charge in [-0.05, 0) is 49.8 Å². The molecule has 1 aliphatic rings. The summed E-state index contributed by atoms with van der Waals surface area (Å²) in [5.41, 5.74) is 7.48. The number of thioether (sulfide) groups is 1. The largest absolute Gasteiger partial charge is 0.324 e. The SMILES string of the molecule is CSc1ccc(C(N)CC2CCCN2)cc1. The van der Waals surface area contributed by atoms with Crippen LogP contribution < -0.4 is 11.1 Å². The fourth-order valence-electron chi connectivity index (χ4n) is 2.25. The van der Waals surface area contributed by atoms with E-state index in [0.29, 0.717) is 6.04 Å². The molecule has 16 heavy (non-hydrogen) atoms. The molecule has 0 amide bonds. The van der Waals surface area contributed by atoms with Crippen molar-refractivity contribution in [3.05, 3.63) is 29.8 Å². The van der Waals surface area contributed by atoms with E-state index < -0.39 is 0 Å². The maximum Gasteiger partial charge on any atom is 0.0309 e. The van der Waals surface area contributed by atoms with E-state index in [1.807, 2.05) is 0 Å². The van der Waals surface area contributed by atoms with Gasteiger partial charge < -0.3 is 11.1 Å². The number of hydrogen-bond donors (Lipinski definition) is 2. The van der Waals surface area contributed by atoms with Gasteiger partial charge in [0.15, 0.2) is 0 Å². The molecule has 2 rings (SSSR count). The first-order chi connectivity index (χ1) is 7.79. The Morgan fingerprint density at radius 1 is 1.44 bits per heavy atom. The summed E-state index contributed by atoms with van der Waals surface area (Å²) < 4.78 is 0. The highest BCUT2D eigenvalue weighted by molar-refractivity contribution is 7.98. The maximum absolute atomic E-state index is 6.22. The van der Waals surface area contributed by atoms with Crippen LogP contribution in [-0.2, 0) is 0 Å². The van der Waals surface area contributed by atoms with E-state index in [1.54, 1.807) is 11.8 Å². The van der Waals surface area contributed by atoms with Crippen molar-refractivity contribution in [2.24, 2.45) is 5.73 Å². The number of hydrogen-bond acceptors (Lipinski definition) is 3. The van der Waals surface area contributed by atoms with Gasteiger partial charge >= 0.3 is 0 Å². The van der Waals surface area contributed by atoms with Crippen LogP contribution in [0.2, 0.25) is 0 Å². The second kappa shape index (κ2) is 5.71. The second-order valence-electron chi connectivity index (χ2n) is 4.41. The zero-order valence-corrected chi connectivity index (χ0v) is 10.6. The van der Waals surface area contributed by atoms with Crippen LogP contribution in [0.15, 0.2) is 29.2 Å². The molecular weight excluding hydrogens is 216 g/mol. The summed E-state index contributed by atoms with van der Waals surface area (Å²) in [6.45, 7) is 1.16. The fraction of sp³-hybridized carbons (Fsp3) is 0.538. The van der Waals surface area contributed by atoms with E-state index in [4.69, 9.17) is 5.73 Å². The van der Waals surface area contributed by atoms with E-state index in [9.17, 15) is 0 Å². The number of benzene rings is 1. The Balaban J connectivity index is 1.94. The van der Waals surface area contributed by atoms with Crippen LogP contribution in [0.1, 0.15) is 30.9 Å². The highest BCUT2D eigenvalue weighted by Gasteiger charge is 2.18. The minimum Gasteiger partial charge on any atom is -0.324 e. The Bertz CT molecular complexity index is 317. The van der Waals surface area contributed by atoms with Crippen molar-refractivity contribution in [3.8, 4) is 0 Å². The highest BCUT2D eigenvalue weighted by Crippen LogP contribution is 2.22. The molecular formula is C13H20N2S. The van der Waals surface area contributed by atoms with Gasteiger partial charge in [-0.2, -0.15) is 0 Å². The quantitative estimate of drug-likeness (QED) is 0.789. The van der Waals surface area contributed by atoms with Gasteiger partial charge in [0.1, 0.15) is 0 Å². The van der Waals surface area contributed by atoms with Crippen molar-refractivity contribution in [3.63, 3.8) is 0 Å². The lowest BCUT2D eigenvalue weighted by Crippen LogP contribution is -2.26. The van der Waals surface area contributed by atoms with Gasteiger partial charge in [-0.1, -0.05) is 12.1 Å². The molecule has 1 heterocycles. The molecule has 0 spiro atoms. The average molecular weight is 236 g/mol. The molecule has 1 aliphatic heterocycles. The standard InChI is InChI=1S/C13H20N2S/c1-16-12-6-4-10(5-7-12)13(14)9-11-3-2-8-15-11/h4-7,11,13,15H,2-3,8-9,14H2,1H3. The molecule has 3 heteroatoms. The molecule has 1 aromatic rings. The minimum atomic E-state index is 0.173. The normalized spacial score (nSPS) is 22.2. The zero-order chi connectivity index (χ0) is 11.4. The predicted octanol–water partition coefficient (Wildman–Crippen LogP) is 2.55. The molecule has 1 aromatic carbocycles. The van der Waals surface area contributed by atoms with Gasteiger partial charge in [0.05, 0.1) is 0 Å². The summed E-state index contributed by atoms with van der Waals surface area (Å²) in [6.07, 6.45) is 5.72. The lowest BCUT2D eigenvalue weighted by atomic mass is 9.99. The van der Waals surface area contributed by atoms with Gasteiger partial charge in [0, 0.05) is 17.0 Å². The van der Waals surface area contributed by atoms with Gasteiger partial charge in [-0.3, -0.25) is 0 Å². The topological polar surface area (TPSA) is 38.0 Å². The Labute approximate surface area is 102 Å². The van der Waals surface area contributed by atoms with Crippen LogP contribution in [-0.4, -0.2) is 18.8 Å². The van der Waals surface area contributed by atoms with Crippen LogP contribution >= 0.6 is 11.8 Å². The first kappa shape index (κ1) is 12.0. The third-order valence-electron chi connectivity index (χ3n) is 3.24. The molecule has 1 fully saturated rings.